The Morgan fingerprint density at radius 2 is 1.47 bits per heavy atom. The van der Waals surface area contributed by atoms with Gasteiger partial charge < -0.3 is 0 Å². The molecule has 0 fully saturated rings. The highest BCUT2D eigenvalue weighted by molar-refractivity contribution is 5.63. The molecule has 0 aliphatic heterocycles. The second-order valence-corrected chi connectivity index (χ2v) is 3.30. The third-order valence-electron chi connectivity index (χ3n) is 2.21. The van der Waals surface area contributed by atoms with Crippen molar-refractivity contribution in [3.05, 3.63) is 53.7 Å². The quantitative estimate of drug-likeness (QED) is 0.674. The summed E-state index contributed by atoms with van der Waals surface area (Å²) in [7, 11) is 0. The molecular formula is C16H21F2N. The molecule has 0 radical (unpaired) electrons. The first-order valence-electron chi connectivity index (χ1n) is 6.55. The van der Waals surface area contributed by atoms with Gasteiger partial charge in [-0.3, -0.25) is 4.98 Å². The molecule has 0 amide bonds. The highest BCUT2D eigenvalue weighted by Crippen LogP contribution is 2.23. The van der Waals surface area contributed by atoms with Crippen molar-refractivity contribution in [2.24, 2.45) is 0 Å². The van der Waals surface area contributed by atoms with Crippen molar-refractivity contribution in [3.8, 4) is 11.3 Å². The summed E-state index contributed by atoms with van der Waals surface area (Å²) in [5.41, 5.74) is 1.94. The number of aromatic nitrogens is 1. The van der Waals surface area contributed by atoms with Crippen molar-refractivity contribution in [2.45, 2.75) is 34.6 Å². The summed E-state index contributed by atoms with van der Waals surface area (Å²) in [4.78, 5) is 4.09. The number of rotatable bonds is 1. The van der Waals surface area contributed by atoms with Gasteiger partial charge in [-0.25, -0.2) is 8.78 Å². The lowest BCUT2D eigenvalue weighted by molar-refractivity contribution is 0.508. The molecule has 104 valence electrons. The highest BCUT2D eigenvalue weighted by Gasteiger charge is 2.08. The Bertz CT molecular complexity index is 482. The smallest absolute Gasteiger partial charge is 0.159 e. The van der Waals surface area contributed by atoms with Gasteiger partial charge in [-0.15, -0.1) is 0 Å². The topological polar surface area (TPSA) is 12.9 Å². The van der Waals surface area contributed by atoms with Gasteiger partial charge in [0.25, 0.3) is 0 Å². The van der Waals surface area contributed by atoms with Gasteiger partial charge in [-0.1, -0.05) is 33.8 Å². The van der Waals surface area contributed by atoms with E-state index in [9.17, 15) is 8.78 Å². The predicted molar refractivity (Wildman–Crippen MR) is 77.0 cm³/mol. The lowest BCUT2D eigenvalue weighted by Crippen LogP contribution is -1.91. The Morgan fingerprint density at radius 3 is 2.00 bits per heavy atom. The summed E-state index contributed by atoms with van der Waals surface area (Å²) in [5.74, 6) is -1.67. The van der Waals surface area contributed by atoms with E-state index in [-0.39, 0.29) is 0 Å². The summed E-state index contributed by atoms with van der Waals surface area (Å²) in [6.07, 6.45) is 1.62. The fourth-order valence-corrected chi connectivity index (χ4v) is 1.44. The molecule has 0 unspecified atom stereocenters. The normalized spacial score (nSPS) is 8.79. The van der Waals surface area contributed by atoms with Crippen LogP contribution in [0.5, 0.6) is 0 Å². The average Bonchev–Trinajstić information content (AvgIpc) is 2.48. The lowest BCUT2D eigenvalue weighted by atomic mass is 10.0. The Kier molecular flexibility index (Phi) is 8.34. The average molecular weight is 265 g/mol. The van der Waals surface area contributed by atoms with Crippen LogP contribution in [0.3, 0.4) is 0 Å². The van der Waals surface area contributed by atoms with Crippen molar-refractivity contribution in [3.63, 3.8) is 0 Å². The number of hydrogen-bond acceptors (Lipinski definition) is 1. The Labute approximate surface area is 114 Å². The van der Waals surface area contributed by atoms with Gasteiger partial charge in [0.05, 0.1) is 5.69 Å². The summed E-state index contributed by atoms with van der Waals surface area (Å²) in [5, 5.41) is 0. The van der Waals surface area contributed by atoms with Gasteiger partial charge in [0.15, 0.2) is 11.6 Å². The van der Waals surface area contributed by atoms with Crippen molar-refractivity contribution in [2.75, 3.05) is 0 Å². The molecule has 0 aliphatic carbocycles. The molecule has 0 saturated heterocycles. The van der Waals surface area contributed by atoms with Gasteiger partial charge in [0.1, 0.15) is 0 Å². The van der Waals surface area contributed by atoms with Gasteiger partial charge in [0.2, 0.25) is 0 Å². The molecule has 1 heterocycles. The van der Waals surface area contributed by atoms with Crippen LogP contribution in [0, 0.1) is 18.6 Å². The van der Waals surface area contributed by atoms with Gasteiger partial charge in [0, 0.05) is 11.8 Å². The molecule has 2 rings (SSSR count). The Balaban J connectivity index is 0.000000741. The summed E-state index contributed by atoms with van der Waals surface area (Å²) in [6, 6.07) is 7.70. The van der Waals surface area contributed by atoms with Crippen LogP contribution in [0.2, 0.25) is 0 Å². The van der Waals surface area contributed by atoms with E-state index in [1.807, 2.05) is 33.8 Å². The standard InChI is InChI=1S/C12H9F2N.2C2H6/c1-8-6-10(13)11(14)7-9(8)12-4-2-3-5-15-12;2*1-2/h2-7H,1H3;2*1-2H3. The molecule has 0 bridgehead atoms. The summed E-state index contributed by atoms with van der Waals surface area (Å²) < 4.78 is 25.9. The van der Waals surface area contributed by atoms with Crippen LogP contribution in [0.25, 0.3) is 11.3 Å². The molecule has 0 spiro atoms. The van der Waals surface area contributed by atoms with Crippen LogP contribution in [0.15, 0.2) is 36.5 Å². The van der Waals surface area contributed by atoms with Crippen molar-refractivity contribution >= 4 is 0 Å². The maximum absolute atomic E-state index is 13.0. The van der Waals surface area contributed by atoms with E-state index in [0.29, 0.717) is 16.8 Å². The van der Waals surface area contributed by atoms with E-state index in [4.69, 9.17) is 0 Å². The number of pyridine rings is 1. The first-order chi connectivity index (χ1) is 9.18. The van der Waals surface area contributed by atoms with Crippen LogP contribution < -0.4 is 0 Å². The third kappa shape index (κ3) is 4.78. The van der Waals surface area contributed by atoms with Crippen LogP contribution >= 0.6 is 0 Å². The van der Waals surface area contributed by atoms with E-state index >= 15 is 0 Å². The fraction of sp³-hybridized carbons (Fsp3) is 0.312. The number of nitrogens with zero attached hydrogens (tertiary/aromatic N) is 1. The molecular weight excluding hydrogens is 244 g/mol. The second-order valence-electron chi connectivity index (χ2n) is 3.30. The SMILES string of the molecule is CC.CC.Cc1cc(F)c(F)cc1-c1ccccn1. The predicted octanol–water partition coefficient (Wildman–Crippen LogP) is 5.39. The molecule has 19 heavy (non-hydrogen) atoms. The minimum Gasteiger partial charge on any atom is -0.256 e. The highest BCUT2D eigenvalue weighted by atomic mass is 19.2. The molecule has 1 aromatic carbocycles. The van der Waals surface area contributed by atoms with Gasteiger partial charge >= 0.3 is 0 Å². The molecule has 1 nitrogen and oxygen atoms in total. The zero-order valence-corrected chi connectivity index (χ0v) is 12.2. The van der Waals surface area contributed by atoms with E-state index in [0.717, 1.165) is 0 Å². The van der Waals surface area contributed by atoms with Crippen LogP contribution in [-0.4, -0.2) is 4.98 Å². The minimum absolute atomic E-state index is 0.620. The molecule has 0 N–H and O–H groups in total. The first-order valence-corrected chi connectivity index (χ1v) is 6.55. The maximum Gasteiger partial charge on any atom is 0.159 e. The Morgan fingerprint density at radius 1 is 0.895 bits per heavy atom. The monoisotopic (exact) mass is 265 g/mol. The zero-order valence-electron chi connectivity index (χ0n) is 12.2. The van der Waals surface area contributed by atoms with E-state index < -0.39 is 11.6 Å². The van der Waals surface area contributed by atoms with E-state index in [1.165, 1.54) is 12.1 Å². The molecule has 2 aromatic rings. The van der Waals surface area contributed by atoms with Crippen molar-refractivity contribution < 1.29 is 8.78 Å². The van der Waals surface area contributed by atoms with Gasteiger partial charge in [-0.05, 0) is 36.8 Å². The van der Waals surface area contributed by atoms with Crippen LogP contribution in [0.4, 0.5) is 8.78 Å². The number of hydrogen-bond donors (Lipinski definition) is 0. The van der Waals surface area contributed by atoms with Crippen molar-refractivity contribution in [1.29, 1.82) is 0 Å². The molecule has 0 atom stereocenters. The van der Waals surface area contributed by atoms with E-state index in [2.05, 4.69) is 4.98 Å². The van der Waals surface area contributed by atoms with Crippen LogP contribution in [-0.2, 0) is 0 Å². The zero-order chi connectivity index (χ0) is 14.8. The summed E-state index contributed by atoms with van der Waals surface area (Å²) >= 11 is 0. The van der Waals surface area contributed by atoms with E-state index in [1.54, 1.807) is 25.3 Å². The number of aryl methyl sites for hydroxylation is 1. The lowest BCUT2D eigenvalue weighted by Gasteiger charge is -2.05. The third-order valence-corrected chi connectivity index (χ3v) is 2.21. The van der Waals surface area contributed by atoms with Gasteiger partial charge in [-0.2, -0.15) is 0 Å². The largest absolute Gasteiger partial charge is 0.256 e. The molecule has 3 heteroatoms. The molecule has 0 aliphatic rings. The number of halogens is 2. The van der Waals surface area contributed by atoms with Crippen molar-refractivity contribution in [1.82, 2.24) is 4.98 Å². The first kappa shape index (κ1) is 17.2. The fourth-order valence-electron chi connectivity index (χ4n) is 1.44. The molecule has 1 aromatic heterocycles. The minimum atomic E-state index is -0.846. The molecule has 0 saturated carbocycles. The summed E-state index contributed by atoms with van der Waals surface area (Å²) in [6.45, 7) is 9.73. The Hall–Kier alpha value is -1.77. The number of benzene rings is 1. The second kappa shape index (κ2) is 9.20. The van der Waals surface area contributed by atoms with Crippen LogP contribution in [0.1, 0.15) is 33.3 Å². The maximum atomic E-state index is 13.0.